The van der Waals surface area contributed by atoms with Crippen LogP contribution in [-0.4, -0.2) is 34.6 Å². The first kappa shape index (κ1) is 11.2. The van der Waals surface area contributed by atoms with Crippen molar-refractivity contribution < 1.29 is 19.2 Å². The van der Waals surface area contributed by atoms with Gasteiger partial charge in [-0.2, -0.15) is 0 Å². The van der Waals surface area contributed by atoms with Crippen molar-refractivity contribution >= 4 is 23.6 Å². The molecule has 0 radical (unpaired) electrons. The van der Waals surface area contributed by atoms with Crippen LogP contribution in [0.1, 0.15) is 19.3 Å². The second-order valence-electron chi connectivity index (χ2n) is 3.22. The van der Waals surface area contributed by atoms with E-state index in [1.807, 2.05) is 0 Å². The molecule has 0 aliphatic carbocycles. The molecule has 0 aromatic carbocycles. The molecule has 4 N–H and O–H groups in total. The molecule has 4 amide bonds. The molecule has 0 saturated carbocycles. The van der Waals surface area contributed by atoms with E-state index in [4.69, 9.17) is 11.5 Å². The number of hydrogen-bond donors (Lipinski definition) is 2. The summed E-state index contributed by atoms with van der Waals surface area (Å²) in [7, 11) is 0. The SMILES string of the molecule is NC(=O)C(C(N)=O)N1C(=O)CCCC1=O. The monoisotopic (exact) mass is 213 g/mol. The first-order valence-corrected chi connectivity index (χ1v) is 4.38. The number of nitrogens with two attached hydrogens (primary N) is 2. The second-order valence-corrected chi connectivity index (χ2v) is 3.22. The summed E-state index contributed by atoms with van der Waals surface area (Å²) in [5.74, 6) is -3.36. The molecule has 1 fully saturated rings. The van der Waals surface area contributed by atoms with E-state index in [9.17, 15) is 19.2 Å². The van der Waals surface area contributed by atoms with Crippen LogP contribution in [0.3, 0.4) is 0 Å². The number of carbonyl (C=O) groups is 4. The standard InChI is InChI=1S/C8H11N3O4/c9-7(14)6(8(10)15)11-4(12)2-1-3-5(11)13/h6H,1-3H2,(H2,9,14)(H2,10,15). The van der Waals surface area contributed by atoms with Gasteiger partial charge in [-0.3, -0.25) is 24.1 Å². The van der Waals surface area contributed by atoms with Crippen molar-refractivity contribution in [2.45, 2.75) is 25.3 Å². The van der Waals surface area contributed by atoms with Crippen LogP contribution in [0, 0.1) is 0 Å². The molecule has 0 unspecified atom stereocenters. The van der Waals surface area contributed by atoms with E-state index in [0.717, 1.165) is 0 Å². The average molecular weight is 213 g/mol. The number of carbonyl (C=O) groups excluding carboxylic acids is 4. The summed E-state index contributed by atoms with van der Waals surface area (Å²) in [5.41, 5.74) is 9.81. The van der Waals surface area contributed by atoms with E-state index < -0.39 is 29.7 Å². The Kier molecular flexibility index (Phi) is 3.03. The lowest BCUT2D eigenvalue weighted by atomic mass is 10.1. The van der Waals surface area contributed by atoms with E-state index in [2.05, 4.69) is 0 Å². The third-order valence-electron chi connectivity index (χ3n) is 2.12. The highest BCUT2D eigenvalue weighted by atomic mass is 16.2. The molecule has 7 heteroatoms. The van der Waals surface area contributed by atoms with E-state index >= 15 is 0 Å². The lowest BCUT2D eigenvalue weighted by molar-refractivity contribution is -0.157. The summed E-state index contributed by atoms with van der Waals surface area (Å²) >= 11 is 0. The Labute approximate surface area is 85.4 Å². The zero-order valence-electron chi connectivity index (χ0n) is 7.93. The van der Waals surface area contributed by atoms with Gasteiger partial charge in [-0.05, 0) is 6.42 Å². The fourth-order valence-corrected chi connectivity index (χ4v) is 1.45. The minimum atomic E-state index is -1.66. The normalized spacial score (nSPS) is 17.0. The number of piperidine rings is 1. The number of amides is 4. The number of imide groups is 1. The molecule has 82 valence electrons. The van der Waals surface area contributed by atoms with Gasteiger partial charge in [0.25, 0.3) is 0 Å². The molecule has 1 aliphatic heterocycles. The molecular weight excluding hydrogens is 202 g/mol. The zero-order valence-corrected chi connectivity index (χ0v) is 7.93. The molecule has 1 rings (SSSR count). The Morgan fingerprint density at radius 2 is 1.47 bits per heavy atom. The summed E-state index contributed by atoms with van der Waals surface area (Å²) in [5, 5.41) is 0. The first-order valence-electron chi connectivity index (χ1n) is 4.38. The number of rotatable bonds is 3. The van der Waals surface area contributed by atoms with Crippen molar-refractivity contribution in [1.82, 2.24) is 4.90 Å². The Morgan fingerprint density at radius 1 is 1.07 bits per heavy atom. The van der Waals surface area contributed by atoms with Crippen LogP contribution in [-0.2, 0) is 19.2 Å². The zero-order chi connectivity index (χ0) is 11.6. The largest absolute Gasteiger partial charge is 0.367 e. The first-order chi connectivity index (χ1) is 6.95. The van der Waals surface area contributed by atoms with Crippen LogP contribution in [0.4, 0.5) is 0 Å². The van der Waals surface area contributed by atoms with Gasteiger partial charge < -0.3 is 11.5 Å². The van der Waals surface area contributed by atoms with Crippen molar-refractivity contribution in [3.8, 4) is 0 Å². The van der Waals surface area contributed by atoms with Crippen molar-refractivity contribution in [2.24, 2.45) is 11.5 Å². The highest BCUT2D eigenvalue weighted by Gasteiger charge is 2.38. The average Bonchev–Trinajstić information content (AvgIpc) is 2.09. The van der Waals surface area contributed by atoms with Gasteiger partial charge in [0.1, 0.15) is 0 Å². The van der Waals surface area contributed by atoms with Crippen molar-refractivity contribution in [1.29, 1.82) is 0 Å². The van der Waals surface area contributed by atoms with E-state index in [1.165, 1.54) is 0 Å². The van der Waals surface area contributed by atoms with Crippen molar-refractivity contribution in [3.05, 3.63) is 0 Å². The van der Waals surface area contributed by atoms with Crippen LogP contribution >= 0.6 is 0 Å². The molecular formula is C8H11N3O4. The van der Waals surface area contributed by atoms with Gasteiger partial charge in [0.05, 0.1) is 0 Å². The van der Waals surface area contributed by atoms with E-state index in [1.54, 1.807) is 0 Å². The number of likely N-dealkylation sites (tertiary alicyclic amines) is 1. The second kappa shape index (κ2) is 4.07. The van der Waals surface area contributed by atoms with Gasteiger partial charge in [0.2, 0.25) is 23.6 Å². The van der Waals surface area contributed by atoms with Gasteiger partial charge in [0, 0.05) is 12.8 Å². The molecule has 1 heterocycles. The van der Waals surface area contributed by atoms with Gasteiger partial charge >= 0.3 is 0 Å². The topological polar surface area (TPSA) is 124 Å². The smallest absolute Gasteiger partial charge is 0.250 e. The van der Waals surface area contributed by atoms with Gasteiger partial charge in [-0.25, -0.2) is 0 Å². The van der Waals surface area contributed by atoms with Crippen LogP contribution in [0.2, 0.25) is 0 Å². The lowest BCUT2D eigenvalue weighted by Crippen LogP contribution is -2.58. The van der Waals surface area contributed by atoms with Crippen LogP contribution in [0.15, 0.2) is 0 Å². The number of primary amides is 2. The lowest BCUT2D eigenvalue weighted by Gasteiger charge is -2.28. The third kappa shape index (κ3) is 2.12. The maximum atomic E-state index is 11.3. The Morgan fingerprint density at radius 3 is 1.80 bits per heavy atom. The minimum absolute atomic E-state index is 0.114. The Hall–Kier alpha value is -1.92. The minimum Gasteiger partial charge on any atom is -0.367 e. The molecule has 15 heavy (non-hydrogen) atoms. The Balaban J connectivity index is 2.99. The maximum Gasteiger partial charge on any atom is 0.250 e. The fraction of sp³-hybridized carbons (Fsp3) is 0.500. The van der Waals surface area contributed by atoms with Crippen molar-refractivity contribution in [2.75, 3.05) is 0 Å². The summed E-state index contributed by atoms with van der Waals surface area (Å²) in [6.45, 7) is 0. The summed E-state index contributed by atoms with van der Waals surface area (Å²) in [6.07, 6.45) is 0.643. The van der Waals surface area contributed by atoms with E-state index in [-0.39, 0.29) is 12.8 Å². The summed E-state index contributed by atoms with van der Waals surface area (Å²) in [6, 6.07) is -1.66. The maximum absolute atomic E-state index is 11.3. The van der Waals surface area contributed by atoms with Crippen molar-refractivity contribution in [3.63, 3.8) is 0 Å². The highest BCUT2D eigenvalue weighted by molar-refractivity contribution is 6.11. The quantitative estimate of drug-likeness (QED) is 0.410. The molecule has 0 aromatic heterocycles. The Bertz CT molecular complexity index is 309. The molecule has 7 nitrogen and oxygen atoms in total. The molecule has 0 aromatic rings. The van der Waals surface area contributed by atoms with Crippen LogP contribution < -0.4 is 11.5 Å². The summed E-state index contributed by atoms with van der Waals surface area (Å²) < 4.78 is 0. The molecule has 0 spiro atoms. The highest BCUT2D eigenvalue weighted by Crippen LogP contribution is 2.15. The number of nitrogens with zero attached hydrogens (tertiary/aromatic N) is 1. The predicted molar refractivity (Wildman–Crippen MR) is 47.9 cm³/mol. The molecule has 1 saturated heterocycles. The molecule has 0 bridgehead atoms. The van der Waals surface area contributed by atoms with Gasteiger partial charge in [-0.1, -0.05) is 0 Å². The van der Waals surface area contributed by atoms with E-state index in [0.29, 0.717) is 11.3 Å². The van der Waals surface area contributed by atoms with Gasteiger partial charge in [0.15, 0.2) is 6.04 Å². The van der Waals surface area contributed by atoms with Crippen LogP contribution in [0.25, 0.3) is 0 Å². The van der Waals surface area contributed by atoms with Gasteiger partial charge in [-0.15, -0.1) is 0 Å². The third-order valence-corrected chi connectivity index (χ3v) is 2.12. The van der Waals surface area contributed by atoms with Crippen LogP contribution in [0.5, 0.6) is 0 Å². The summed E-state index contributed by atoms with van der Waals surface area (Å²) in [4.78, 5) is 45.1. The molecule has 0 atom stereocenters. The predicted octanol–water partition coefficient (Wildman–Crippen LogP) is -2.14. The fourth-order valence-electron chi connectivity index (χ4n) is 1.45. The molecule has 1 aliphatic rings. The number of hydrogen-bond acceptors (Lipinski definition) is 4.